The predicted octanol–water partition coefficient (Wildman–Crippen LogP) is 7.52. The van der Waals surface area contributed by atoms with Crippen LogP contribution in [0, 0.1) is 17.1 Å². The number of halogens is 2. The van der Waals surface area contributed by atoms with Crippen molar-refractivity contribution < 1.29 is 4.39 Å². The summed E-state index contributed by atoms with van der Waals surface area (Å²) in [6.45, 7) is 5.70. The Balaban J connectivity index is 1.23. The zero-order chi connectivity index (χ0) is 33.1. The molecule has 0 radical (unpaired) electrons. The second-order valence-electron chi connectivity index (χ2n) is 13.7. The number of aromatic nitrogens is 3. The largest absolute Gasteiger partial charge is 0.374 e. The van der Waals surface area contributed by atoms with Crippen LogP contribution in [0.4, 0.5) is 4.39 Å². The maximum absolute atomic E-state index is 15.2. The number of nitrogens with two attached hydrogens (primary N) is 1. The maximum Gasteiger partial charge on any atom is 0.354 e. The van der Waals surface area contributed by atoms with Crippen LogP contribution in [0.1, 0.15) is 88.8 Å². The first-order valence-corrected chi connectivity index (χ1v) is 17.6. The van der Waals surface area contributed by atoms with Gasteiger partial charge in [-0.2, -0.15) is 4.98 Å². The quantitative estimate of drug-likeness (QED) is 0.0876. The molecule has 4 aromatic rings. The number of amidine groups is 1. The minimum absolute atomic E-state index is 0.0677. The van der Waals surface area contributed by atoms with E-state index in [1.807, 2.05) is 31.2 Å². The van der Waals surface area contributed by atoms with E-state index in [4.69, 9.17) is 22.7 Å². The van der Waals surface area contributed by atoms with Gasteiger partial charge in [-0.15, -0.1) is 0 Å². The van der Waals surface area contributed by atoms with Crippen LogP contribution in [0.3, 0.4) is 0 Å². The fraction of sp³-hybridized carbons (Fsp3) is 0.486. The van der Waals surface area contributed by atoms with E-state index in [-0.39, 0.29) is 11.1 Å². The number of rotatable bonds is 13. The van der Waals surface area contributed by atoms with Crippen LogP contribution < -0.4 is 16.7 Å². The second-order valence-corrected chi connectivity index (χ2v) is 14.1. The Kier molecular flexibility index (Phi) is 10.4. The van der Waals surface area contributed by atoms with Crippen molar-refractivity contribution in [2.45, 2.75) is 96.2 Å². The SMILES string of the molecule is CC(=N)NCC[C@@H]1CCC[C@@H](c2ccc(-n3cc4cc(-c5cc(CCC[C@H](C)N)cc(Cl)c5F)[nH]c4nc3=O)cc2)N1CCC1CC1. The molecule has 1 aliphatic carbocycles. The van der Waals surface area contributed by atoms with Gasteiger partial charge in [0.25, 0.3) is 0 Å². The lowest BCUT2D eigenvalue weighted by atomic mass is 9.89. The number of hydrogen-bond acceptors (Lipinski definition) is 5. The molecule has 0 spiro atoms. The van der Waals surface area contributed by atoms with Gasteiger partial charge in [-0.1, -0.05) is 36.6 Å². The molecule has 2 aromatic carbocycles. The number of nitrogens with zero attached hydrogens (tertiary/aromatic N) is 3. The Bertz CT molecular complexity index is 1760. The monoisotopic (exact) mass is 659 g/mol. The average molecular weight is 660 g/mol. The molecule has 10 heteroatoms. The molecule has 6 rings (SSSR count). The lowest BCUT2D eigenvalue weighted by molar-refractivity contribution is 0.0746. The van der Waals surface area contributed by atoms with E-state index >= 15 is 4.39 Å². The fourth-order valence-corrected chi connectivity index (χ4v) is 7.34. The Labute approximate surface area is 281 Å². The first kappa shape index (κ1) is 33.4. The van der Waals surface area contributed by atoms with Gasteiger partial charge in [-0.3, -0.25) is 14.9 Å². The molecule has 250 valence electrons. The highest BCUT2D eigenvalue weighted by Crippen LogP contribution is 2.39. The number of aromatic amines is 1. The maximum atomic E-state index is 15.2. The summed E-state index contributed by atoms with van der Waals surface area (Å²) in [5.74, 6) is 0.886. The molecule has 3 atom stereocenters. The number of hydrogen-bond donors (Lipinski definition) is 4. The Morgan fingerprint density at radius 3 is 2.68 bits per heavy atom. The Morgan fingerprint density at radius 2 is 1.96 bits per heavy atom. The standard InChI is InChI=1S/C37H47ClFN7O/c1-23(40)5-3-6-26-19-31(35(39)32(38)20-26)33-21-28-22-46(37(47)44-36(28)43-33)30-13-11-27(12-14-30)34-8-4-7-29(15-17-42-24(2)41)45(34)18-16-25-9-10-25/h11-14,19-23,25,29,34H,3-10,15-18,40H2,1-2H3,(H2,41,42)(H,43,44,47)/t23-,29-,34-/m0/s1. The highest BCUT2D eigenvalue weighted by molar-refractivity contribution is 6.31. The lowest BCUT2D eigenvalue weighted by Gasteiger charge is -2.43. The minimum Gasteiger partial charge on any atom is -0.374 e. The van der Waals surface area contributed by atoms with Gasteiger partial charge in [0, 0.05) is 41.8 Å². The van der Waals surface area contributed by atoms with Crippen LogP contribution in [0.25, 0.3) is 28.0 Å². The third kappa shape index (κ3) is 8.13. The molecule has 2 aliphatic rings. The van der Waals surface area contributed by atoms with Crippen LogP contribution in [-0.4, -0.2) is 50.4 Å². The molecule has 5 N–H and O–H groups in total. The van der Waals surface area contributed by atoms with Crippen LogP contribution in [0.5, 0.6) is 0 Å². The predicted molar refractivity (Wildman–Crippen MR) is 189 cm³/mol. The number of fused-ring (bicyclic) bond motifs is 1. The molecule has 3 heterocycles. The Morgan fingerprint density at radius 1 is 1.17 bits per heavy atom. The molecule has 0 unspecified atom stereocenters. The summed E-state index contributed by atoms with van der Waals surface area (Å²) >= 11 is 6.30. The number of nitrogens with one attached hydrogen (secondary N) is 3. The van der Waals surface area contributed by atoms with Crippen LogP contribution in [0.15, 0.2) is 53.5 Å². The highest BCUT2D eigenvalue weighted by atomic mass is 35.5. The van der Waals surface area contributed by atoms with Gasteiger partial charge in [0.2, 0.25) is 0 Å². The average Bonchev–Trinajstić information content (AvgIpc) is 3.78. The zero-order valence-electron chi connectivity index (χ0n) is 27.5. The highest BCUT2D eigenvalue weighted by Gasteiger charge is 2.33. The molecular formula is C37H47ClFN7O. The fourth-order valence-electron chi connectivity index (χ4n) is 7.10. The normalized spacial score (nSPS) is 19.3. The van der Waals surface area contributed by atoms with Crippen molar-refractivity contribution in [1.29, 1.82) is 5.41 Å². The van der Waals surface area contributed by atoms with E-state index in [1.54, 1.807) is 23.8 Å². The van der Waals surface area contributed by atoms with Gasteiger partial charge in [-0.05, 0) is 119 Å². The van der Waals surface area contributed by atoms with Gasteiger partial charge in [0.05, 0.1) is 22.2 Å². The first-order valence-electron chi connectivity index (χ1n) is 17.2. The van der Waals surface area contributed by atoms with Crippen LogP contribution in [-0.2, 0) is 6.42 Å². The molecule has 2 aromatic heterocycles. The van der Waals surface area contributed by atoms with Crippen LogP contribution in [0.2, 0.25) is 5.02 Å². The molecule has 0 bridgehead atoms. The number of likely N-dealkylation sites (tertiary alicyclic amines) is 1. The van der Waals surface area contributed by atoms with Crippen molar-refractivity contribution in [3.8, 4) is 16.9 Å². The minimum atomic E-state index is -0.503. The van der Waals surface area contributed by atoms with Gasteiger partial charge >= 0.3 is 5.69 Å². The van der Waals surface area contributed by atoms with E-state index < -0.39 is 11.5 Å². The van der Waals surface area contributed by atoms with Crippen molar-refractivity contribution in [2.75, 3.05) is 13.1 Å². The molecule has 2 fully saturated rings. The molecule has 8 nitrogen and oxygen atoms in total. The number of aryl methyl sites for hydroxylation is 1. The summed E-state index contributed by atoms with van der Waals surface area (Å²) < 4.78 is 16.8. The summed E-state index contributed by atoms with van der Waals surface area (Å²) in [5, 5.41) is 11.7. The topological polar surface area (TPSA) is 116 Å². The smallest absolute Gasteiger partial charge is 0.354 e. The zero-order valence-corrected chi connectivity index (χ0v) is 28.3. The van der Waals surface area contributed by atoms with Crippen molar-refractivity contribution in [2.24, 2.45) is 11.7 Å². The summed E-state index contributed by atoms with van der Waals surface area (Å²) in [6.07, 6.45) is 12.7. The van der Waals surface area contributed by atoms with Crippen molar-refractivity contribution >= 4 is 28.5 Å². The van der Waals surface area contributed by atoms with E-state index in [1.165, 1.54) is 37.7 Å². The van der Waals surface area contributed by atoms with E-state index in [0.29, 0.717) is 40.2 Å². The molecule has 1 aliphatic heterocycles. The van der Waals surface area contributed by atoms with E-state index in [2.05, 4.69) is 32.3 Å². The summed E-state index contributed by atoms with van der Waals surface area (Å²) in [5.41, 5.74) is 9.73. The van der Waals surface area contributed by atoms with Gasteiger partial charge in [-0.25, -0.2) is 9.18 Å². The Hall–Kier alpha value is -3.53. The lowest BCUT2D eigenvalue weighted by Crippen LogP contribution is -2.44. The molecular weight excluding hydrogens is 613 g/mol. The van der Waals surface area contributed by atoms with Gasteiger partial charge in [0.1, 0.15) is 5.65 Å². The third-order valence-electron chi connectivity index (χ3n) is 9.81. The number of benzene rings is 2. The number of H-pyrrole nitrogens is 1. The van der Waals surface area contributed by atoms with Crippen LogP contribution >= 0.6 is 11.6 Å². The van der Waals surface area contributed by atoms with E-state index in [0.717, 1.165) is 62.4 Å². The first-order chi connectivity index (χ1) is 22.7. The van der Waals surface area contributed by atoms with Gasteiger partial charge in [0.15, 0.2) is 5.82 Å². The van der Waals surface area contributed by atoms with Crippen molar-refractivity contribution in [1.82, 2.24) is 24.8 Å². The third-order valence-corrected chi connectivity index (χ3v) is 10.1. The van der Waals surface area contributed by atoms with Gasteiger partial charge < -0.3 is 16.0 Å². The molecule has 1 saturated heterocycles. The summed E-state index contributed by atoms with van der Waals surface area (Å²) in [7, 11) is 0. The van der Waals surface area contributed by atoms with Crippen molar-refractivity contribution in [3.63, 3.8) is 0 Å². The van der Waals surface area contributed by atoms with E-state index in [9.17, 15) is 4.79 Å². The van der Waals surface area contributed by atoms with Crippen molar-refractivity contribution in [3.05, 3.63) is 81.1 Å². The molecule has 1 saturated carbocycles. The second kappa shape index (κ2) is 14.7. The molecule has 0 amide bonds. The number of piperidine rings is 1. The molecule has 47 heavy (non-hydrogen) atoms. The summed E-state index contributed by atoms with van der Waals surface area (Å²) in [4.78, 5) is 23.4. The summed E-state index contributed by atoms with van der Waals surface area (Å²) in [6, 6.07) is 14.6.